The van der Waals surface area contributed by atoms with Crippen molar-refractivity contribution in [1.29, 1.82) is 0 Å². The minimum atomic E-state index is -1.78. The fourth-order valence-corrected chi connectivity index (χ4v) is 5.50. The second-order valence-electron chi connectivity index (χ2n) is 5.76. The number of hydrogen-bond acceptors (Lipinski definition) is 4. The molecule has 1 aromatic carbocycles. The van der Waals surface area contributed by atoms with Crippen LogP contribution in [-0.2, 0) is 25.3 Å². The predicted octanol–water partition coefficient (Wildman–Crippen LogP) is 4.16. The van der Waals surface area contributed by atoms with E-state index in [1.54, 1.807) is 0 Å². The summed E-state index contributed by atoms with van der Waals surface area (Å²) >= 11 is 0. The summed E-state index contributed by atoms with van der Waals surface area (Å²) in [5.74, 6) is -0.246. The Morgan fingerprint density at radius 1 is 1.09 bits per heavy atom. The van der Waals surface area contributed by atoms with Gasteiger partial charge in [0, 0.05) is 0 Å². The molecule has 0 aliphatic rings. The lowest BCUT2D eigenvalue weighted by Gasteiger charge is -2.32. The first-order valence-corrected chi connectivity index (χ1v) is 11.0. The van der Waals surface area contributed by atoms with E-state index in [1.165, 1.54) is 7.11 Å². The highest BCUT2D eigenvalue weighted by Gasteiger charge is 2.33. The Bertz CT molecular complexity index is 437. The number of methoxy groups -OCH3 is 1. The maximum atomic E-state index is 11.7. The Morgan fingerprint density at radius 3 is 2.22 bits per heavy atom. The summed E-state index contributed by atoms with van der Waals surface area (Å²) in [4.78, 5) is 11.7. The highest BCUT2D eigenvalue weighted by Crippen LogP contribution is 2.24. The Balaban J connectivity index is 2.62. The fourth-order valence-electron chi connectivity index (χ4n) is 2.64. The zero-order valence-corrected chi connectivity index (χ0v) is 15.8. The van der Waals surface area contributed by atoms with E-state index in [4.69, 9.17) is 13.9 Å². The molecular formula is C18H30O4Si. The summed E-state index contributed by atoms with van der Waals surface area (Å²) in [5, 5.41) is 0. The molecule has 0 aromatic heterocycles. The van der Waals surface area contributed by atoms with Gasteiger partial charge in [-0.05, 0) is 23.7 Å². The Hall–Kier alpha value is -1.17. The molecule has 0 spiro atoms. The number of ether oxygens (including phenoxy) is 2. The molecular weight excluding hydrogens is 308 g/mol. The zero-order valence-electron chi connectivity index (χ0n) is 14.8. The first kappa shape index (κ1) is 19.9. The molecule has 0 saturated heterocycles. The SMILES string of the molecule is CC[Si](CC)(CC)O[C@H](COCc1ccccc1)CC(=O)OC. The summed E-state index contributed by atoms with van der Waals surface area (Å²) in [6, 6.07) is 13.2. The number of carbonyl (C=O) groups excluding carboxylic acids is 1. The van der Waals surface area contributed by atoms with E-state index in [9.17, 15) is 4.79 Å². The van der Waals surface area contributed by atoms with E-state index in [0.29, 0.717) is 13.2 Å². The highest BCUT2D eigenvalue weighted by atomic mass is 28.4. The van der Waals surface area contributed by atoms with Crippen LogP contribution in [0.2, 0.25) is 18.1 Å². The van der Waals surface area contributed by atoms with Crippen molar-refractivity contribution in [3.8, 4) is 0 Å². The number of carbonyl (C=O) groups is 1. The van der Waals surface area contributed by atoms with Gasteiger partial charge < -0.3 is 13.9 Å². The van der Waals surface area contributed by atoms with Gasteiger partial charge >= 0.3 is 5.97 Å². The van der Waals surface area contributed by atoms with Crippen LogP contribution >= 0.6 is 0 Å². The van der Waals surface area contributed by atoms with Crippen LogP contribution in [0.3, 0.4) is 0 Å². The third-order valence-corrected chi connectivity index (χ3v) is 9.09. The molecule has 0 aliphatic heterocycles. The number of esters is 1. The predicted molar refractivity (Wildman–Crippen MR) is 94.8 cm³/mol. The first-order valence-electron chi connectivity index (χ1n) is 8.45. The van der Waals surface area contributed by atoms with Crippen molar-refractivity contribution in [1.82, 2.24) is 0 Å². The lowest BCUT2D eigenvalue weighted by atomic mass is 10.2. The summed E-state index contributed by atoms with van der Waals surface area (Å²) in [6.45, 7) is 7.48. The molecule has 1 atom stereocenters. The van der Waals surface area contributed by atoms with Crippen molar-refractivity contribution >= 4 is 14.3 Å². The van der Waals surface area contributed by atoms with E-state index < -0.39 is 8.32 Å². The van der Waals surface area contributed by atoms with Gasteiger partial charge in [0.1, 0.15) is 0 Å². The maximum Gasteiger partial charge on any atom is 0.308 e. The molecule has 0 N–H and O–H groups in total. The molecule has 5 heteroatoms. The van der Waals surface area contributed by atoms with Crippen LogP contribution in [0.15, 0.2) is 30.3 Å². The summed E-state index contributed by atoms with van der Waals surface area (Å²) in [7, 11) is -0.366. The third kappa shape index (κ3) is 6.85. The van der Waals surface area contributed by atoms with Gasteiger partial charge in [-0.3, -0.25) is 4.79 Å². The molecule has 130 valence electrons. The van der Waals surface area contributed by atoms with Crippen LogP contribution in [0.5, 0.6) is 0 Å². The lowest BCUT2D eigenvalue weighted by Crippen LogP contribution is -2.42. The van der Waals surface area contributed by atoms with Crippen LogP contribution in [-0.4, -0.2) is 34.1 Å². The molecule has 0 amide bonds. The molecule has 23 heavy (non-hydrogen) atoms. The molecule has 1 aromatic rings. The summed E-state index contributed by atoms with van der Waals surface area (Å²) < 4.78 is 17.0. The van der Waals surface area contributed by atoms with E-state index in [0.717, 1.165) is 23.7 Å². The van der Waals surface area contributed by atoms with Gasteiger partial charge in [-0.2, -0.15) is 0 Å². The van der Waals surface area contributed by atoms with E-state index in [1.807, 2.05) is 30.3 Å². The van der Waals surface area contributed by atoms with Crippen molar-refractivity contribution in [3.05, 3.63) is 35.9 Å². The van der Waals surface area contributed by atoms with Gasteiger partial charge in [0.05, 0.1) is 32.8 Å². The lowest BCUT2D eigenvalue weighted by molar-refractivity contribution is -0.143. The number of benzene rings is 1. The van der Waals surface area contributed by atoms with Gasteiger partial charge in [-0.1, -0.05) is 51.1 Å². The van der Waals surface area contributed by atoms with Gasteiger partial charge in [0.25, 0.3) is 0 Å². The van der Waals surface area contributed by atoms with Gasteiger partial charge in [-0.15, -0.1) is 0 Å². The monoisotopic (exact) mass is 338 g/mol. The summed E-state index contributed by atoms with van der Waals surface area (Å²) in [5.41, 5.74) is 1.12. The van der Waals surface area contributed by atoms with Crippen LogP contribution < -0.4 is 0 Å². The highest BCUT2D eigenvalue weighted by molar-refractivity contribution is 6.73. The molecule has 4 nitrogen and oxygen atoms in total. The Labute approximate surface area is 141 Å². The topological polar surface area (TPSA) is 44.8 Å². The molecule has 0 aliphatic carbocycles. The van der Waals surface area contributed by atoms with E-state index >= 15 is 0 Å². The van der Waals surface area contributed by atoms with Crippen molar-refractivity contribution in [2.24, 2.45) is 0 Å². The molecule has 0 radical (unpaired) electrons. The van der Waals surface area contributed by atoms with Crippen molar-refractivity contribution in [2.45, 2.75) is 58.0 Å². The Kier molecular flexibility index (Phi) is 9.14. The number of hydrogen-bond donors (Lipinski definition) is 0. The smallest absolute Gasteiger partial charge is 0.308 e. The Morgan fingerprint density at radius 2 is 1.70 bits per heavy atom. The molecule has 1 rings (SSSR count). The van der Waals surface area contributed by atoms with E-state index in [-0.39, 0.29) is 18.5 Å². The average molecular weight is 339 g/mol. The van der Waals surface area contributed by atoms with Gasteiger partial charge in [-0.25, -0.2) is 0 Å². The maximum absolute atomic E-state index is 11.7. The summed E-state index contributed by atoms with van der Waals surface area (Å²) in [6.07, 6.45) is 0.0257. The molecule has 0 fully saturated rings. The largest absolute Gasteiger partial charge is 0.469 e. The molecule has 0 unspecified atom stereocenters. The second-order valence-corrected chi connectivity index (χ2v) is 10.5. The van der Waals surface area contributed by atoms with Crippen LogP contribution in [0.1, 0.15) is 32.8 Å². The van der Waals surface area contributed by atoms with Gasteiger partial charge in [0.15, 0.2) is 8.32 Å². The average Bonchev–Trinajstić information content (AvgIpc) is 2.60. The minimum Gasteiger partial charge on any atom is -0.469 e. The molecule has 0 bridgehead atoms. The normalized spacial score (nSPS) is 12.9. The minimum absolute atomic E-state index is 0.224. The molecule has 0 heterocycles. The quantitative estimate of drug-likeness (QED) is 0.449. The third-order valence-electron chi connectivity index (χ3n) is 4.39. The zero-order chi connectivity index (χ0) is 17.1. The van der Waals surface area contributed by atoms with Gasteiger partial charge in [0.2, 0.25) is 0 Å². The number of rotatable bonds is 11. The standard InChI is InChI=1S/C18H30O4Si/c1-5-23(6-2,7-3)22-17(13-18(19)20-4)15-21-14-16-11-9-8-10-12-16/h8-12,17H,5-7,13-15H2,1-4H3/t17-/m0/s1. The fraction of sp³-hybridized carbons (Fsp3) is 0.611. The van der Waals surface area contributed by atoms with Crippen molar-refractivity contribution < 1.29 is 18.7 Å². The first-order chi connectivity index (χ1) is 11.1. The molecule has 0 saturated carbocycles. The van der Waals surface area contributed by atoms with Crippen LogP contribution in [0, 0.1) is 0 Å². The van der Waals surface area contributed by atoms with Crippen molar-refractivity contribution in [3.63, 3.8) is 0 Å². The van der Waals surface area contributed by atoms with Crippen molar-refractivity contribution in [2.75, 3.05) is 13.7 Å². The van der Waals surface area contributed by atoms with E-state index in [2.05, 4.69) is 20.8 Å². The second kappa shape index (κ2) is 10.6. The van der Waals surface area contributed by atoms with Crippen LogP contribution in [0.25, 0.3) is 0 Å². The van der Waals surface area contributed by atoms with Crippen LogP contribution in [0.4, 0.5) is 0 Å².